The molecular weight excluding hydrogens is 441 g/mol. The van der Waals surface area contributed by atoms with E-state index in [2.05, 4.69) is 17.1 Å². The van der Waals surface area contributed by atoms with Crippen molar-refractivity contribution < 1.29 is 37.8 Å². The van der Waals surface area contributed by atoms with Gasteiger partial charge in [0.25, 0.3) is 5.91 Å². The molecule has 3 N–H and O–H groups in total. The Bertz CT molecular complexity index is 1020. The first-order valence-corrected chi connectivity index (χ1v) is 10.2. The maximum atomic E-state index is 12.5. The summed E-state index contributed by atoms with van der Waals surface area (Å²) in [5.41, 5.74) is 2.89. The van der Waals surface area contributed by atoms with Gasteiger partial charge in [-0.05, 0) is 55.5 Å². The number of carboxylic acid groups (broad SMARTS) is 2. The Hall–Kier alpha value is -3.56. The Kier molecular flexibility index (Phi) is 8.44. The lowest BCUT2D eigenvalue weighted by Gasteiger charge is -2.33. The number of aliphatic carboxylic acids is 1. The number of amides is 1. The molecule has 1 saturated heterocycles. The quantitative estimate of drug-likeness (QED) is 0.597. The highest BCUT2D eigenvalue weighted by Gasteiger charge is 2.38. The Morgan fingerprint density at radius 1 is 1.00 bits per heavy atom. The summed E-state index contributed by atoms with van der Waals surface area (Å²) in [4.78, 5) is 35.2. The number of carboxylic acids is 2. The predicted octanol–water partition coefficient (Wildman–Crippen LogP) is 4.82. The Balaban J connectivity index is 0.000000479. The number of alkyl halides is 3. The fraction of sp³-hybridized carbons (Fsp3) is 0.348. The van der Waals surface area contributed by atoms with Crippen molar-refractivity contribution in [3.05, 3.63) is 59.2 Å². The first-order chi connectivity index (χ1) is 15.4. The van der Waals surface area contributed by atoms with Crippen LogP contribution >= 0.6 is 0 Å². The molecule has 7 nitrogen and oxygen atoms in total. The van der Waals surface area contributed by atoms with Gasteiger partial charge < -0.3 is 20.4 Å². The number of aryl methyl sites for hydroxylation is 1. The number of aromatic carboxylic acids is 1. The van der Waals surface area contributed by atoms with E-state index in [4.69, 9.17) is 9.90 Å². The molecule has 10 heteroatoms. The van der Waals surface area contributed by atoms with Crippen LogP contribution < -0.4 is 10.2 Å². The summed E-state index contributed by atoms with van der Waals surface area (Å²) in [5.74, 6) is -3.30. The van der Waals surface area contributed by atoms with Gasteiger partial charge in [0.1, 0.15) is 0 Å². The maximum Gasteiger partial charge on any atom is 0.490 e. The van der Waals surface area contributed by atoms with Gasteiger partial charge >= 0.3 is 18.1 Å². The third-order valence-electron chi connectivity index (χ3n) is 5.24. The highest BCUT2D eigenvalue weighted by molar-refractivity contribution is 6.06. The molecule has 0 aromatic heterocycles. The lowest BCUT2D eigenvalue weighted by molar-refractivity contribution is -0.192. The van der Waals surface area contributed by atoms with Crippen LogP contribution in [0.15, 0.2) is 42.5 Å². The van der Waals surface area contributed by atoms with Crippen molar-refractivity contribution in [1.82, 2.24) is 0 Å². The van der Waals surface area contributed by atoms with Crippen molar-refractivity contribution in [3.63, 3.8) is 0 Å². The van der Waals surface area contributed by atoms with Crippen molar-refractivity contribution in [2.75, 3.05) is 23.3 Å². The molecule has 1 fully saturated rings. The van der Waals surface area contributed by atoms with Crippen LogP contribution in [-0.4, -0.2) is 47.3 Å². The van der Waals surface area contributed by atoms with Crippen LogP contribution in [0.1, 0.15) is 46.0 Å². The number of halogens is 3. The van der Waals surface area contributed by atoms with Gasteiger partial charge in [-0.1, -0.05) is 25.1 Å². The van der Waals surface area contributed by atoms with Crippen LogP contribution in [0.4, 0.5) is 24.5 Å². The molecule has 0 atom stereocenters. The molecule has 33 heavy (non-hydrogen) atoms. The summed E-state index contributed by atoms with van der Waals surface area (Å²) >= 11 is 0. The summed E-state index contributed by atoms with van der Waals surface area (Å²) in [7, 11) is 0. The van der Waals surface area contributed by atoms with Crippen LogP contribution in [-0.2, 0) is 4.79 Å². The molecule has 0 unspecified atom stereocenters. The molecule has 1 aliphatic rings. The minimum Gasteiger partial charge on any atom is -0.478 e. The third kappa shape index (κ3) is 7.23. The van der Waals surface area contributed by atoms with Crippen molar-refractivity contribution in [2.45, 2.75) is 32.9 Å². The van der Waals surface area contributed by atoms with Gasteiger partial charge in [-0.2, -0.15) is 13.2 Å². The average molecular weight is 466 g/mol. The molecule has 2 aromatic rings. The number of benzene rings is 2. The molecule has 1 amide bonds. The summed E-state index contributed by atoms with van der Waals surface area (Å²) in [5, 5.41) is 19.6. The largest absolute Gasteiger partial charge is 0.490 e. The predicted molar refractivity (Wildman–Crippen MR) is 117 cm³/mol. The Morgan fingerprint density at radius 2 is 1.58 bits per heavy atom. The average Bonchev–Trinajstić information content (AvgIpc) is 2.74. The highest BCUT2D eigenvalue weighted by Crippen LogP contribution is 2.29. The fourth-order valence-corrected chi connectivity index (χ4v) is 3.34. The monoisotopic (exact) mass is 466 g/mol. The zero-order valence-electron chi connectivity index (χ0n) is 18.1. The van der Waals surface area contributed by atoms with E-state index in [9.17, 15) is 27.9 Å². The van der Waals surface area contributed by atoms with E-state index in [0.717, 1.165) is 37.2 Å². The molecule has 3 rings (SSSR count). The number of carbonyl (C=O) groups is 3. The zero-order chi connectivity index (χ0) is 24.8. The summed E-state index contributed by atoms with van der Waals surface area (Å²) in [6.45, 7) is 5.81. The highest BCUT2D eigenvalue weighted by atomic mass is 19.4. The Morgan fingerprint density at radius 3 is 2.09 bits per heavy atom. The van der Waals surface area contributed by atoms with E-state index >= 15 is 0 Å². The van der Waals surface area contributed by atoms with Crippen molar-refractivity contribution in [1.29, 1.82) is 0 Å². The minimum atomic E-state index is -5.08. The fourth-order valence-electron chi connectivity index (χ4n) is 3.34. The second kappa shape index (κ2) is 10.8. The van der Waals surface area contributed by atoms with E-state index in [1.807, 2.05) is 25.1 Å². The zero-order valence-corrected chi connectivity index (χ0v) is 18.1. The summed E-state index contributed by atoms with van der Waals surface area (Å²) in [6, 6.07) is 12.4. The molecule has 178 valence electrons. The van der Waals surface area contributed by atoms with E-state index in [1.54, 1.807) is 24.3 Å². The van der Waals surface area contributed by atoms with Crippen LogP contribution in [0.5, 0.6) is 0 Å². The standard InChI is InChI=1S/C21H24N2O3.C2HF3O2/c1-14-9-11-23(12-10-14)19-8-7-16(13-18(19)21(25)26)22-20(24)17-6-4-3-5-15(17)2;3-2(4,5)1(6)7/h3-8,13-14H,9-12H2,1-2H3,(H,22,24)(H,25,26);(H,6,7). The smallest absolute Gasteiger partial charge is 0.478 e. The number of hydrogen-bond donors (Lipinski definition) is 3. The summed E-state index contributed by atoms with van der Waals surface area (Å²) in [6.07, 6.45) is -2.96. The number of piperidine rings is 1. The van der Waals surface area contributed by atoms with Gasteiger partial charge in [-0.3, -0.25) is 4.79 Å². The maximum absolute atomic E-state index is 12.5. The van der Waals surface area contributed by atoms with Crippen molar-refractivity contribution in [2.24, 2.45) is 5.92 Å². The molecule has 0 bridgehead atoms. The third-order valence-corrected chi connectivity index (χ3v) is 5.24. The molecule has 2 aromatic carbocycles. The van der Waals surface area contributed by atoms with Gasteiger partial charge in [-0.15, -0.1) is 0 Å². The number of rotatable bonds is 4. The van der Waals surface area contributed by atoms with Gasteiger partial charge in [-0.25, -0.2) is 9.59 Å². The van der Waals surface area contributed by atoms with Gasteiger partial charge in [0, 0.05) is 24.3 Å². The van der Waals surface area contributed by atoms with Gasteiger partial charge in [0.15, 0.2) is 0 Å². The van der Waals surface area contributed by atoms with Gasteiger partial charge in [0.05, 0.1) is 11.3 Å². The van der Waals surface area contributed by atoms with Crippen LogP contribution in [0, 0.1) is 12.8 Å². The SMILES string of the molecule is Cc1ccccc1C(=O)Nc1ccc(N2CCC(C)CC2)c(C(=O)O)c1.O=C(O)C(F)(F)F. The van der Waals surface area contributed by atoms with E-state index in [-0.39, 0.29) is 11.5 Å². The van der Waals surface area contributed by atoms with E-state index in [1.165, 1.54) is 0 Å². The lowest BCUT2D eigenvalue weighted by atomic mass is 9.98. The number of nitrogens with zero attached hydrogens (tertiary/aromatic N) is 1. The molecule has 0 aliphatic carbocycles. The second-order valence-electron chi connectivity index (χ2n) is 7.78. The topological polar surface area (TPSA) is 107 Å². The molecule has 0 saturated carbocycles. The second-order valence-corrected chi connectivity index (χ2v) is 7.78. The first-order valence-electron chi connectivity index (χ1n) is 10.2. The Labute approximate surface area is 188 Å². The van der Waals surface area contributed by atoms with Crippen molar-refractivity contribution >= 4 is 29.2 Å². The van der Waals surface area contributed by atoms with Crippen molar-refractivity contribution in [3.8, 4) is 0 Å². The normalized spacial score (nSPS) is 14.2. The van der Waals surface area contributed by atoms with Crippen LogP contribution in [0.3, 0.4) is 0 Å². The lowest BCUT2D eigenvalue weighted by Crippen LogP contribution is -2.33. The first kappa shape index (κ1) is 25.7. The van der Waals surface area contributed by atoms with Gasteiger partial charge in [0.2, 0.25) is 0 Å². The van der Waals surface area contributed by atoms with Crippen LogP contribution in [0.25, 0.3) is 0 Å². The minimum absolute atomic E-state index is 0.224. The molecule has 0 radical (unpaired) electrons. The molecular formula is C23H25F3N2O5. The number of carbonyl (C=O) groups excluding carboxylic acids is 1. The molecule has 1 heterocycles. The summed E-state index contributed by atoms with van der Waals surface area (Å²) < 4.78 is 31.7. The number of nitrogens with one attached hydrogen (secondary N) is 1. The van der Waals surface area contributed by atoms with Crippen LogP contribution in [0.2, 0.25) is 0 Å². The number of anilines is 2. The van der Waals surface area contributed by atoms with E-state index < -0.39 is 18.1 Å². The molecule has 0 spiro atoms. The molecule has 1 aliphatic heterocycles. The number of hydrogen-bond acceptors (Lipinski definition) is 4. The van der Waals surface area contributed by atoms with E-state index in [0.29, 0.717) is 17.2 Å².